The van der Waals surface area contributed by atoms with E-state index in [0.717, 1.165) is 6.54 Å². The lowest BCUT2D eigenvalue weighted by atomic mass is 10.0. The first-order chi connectivity index (χ1) is 8.26. The van der Waals surface area contributed by atoms with Crippen LogP contribution in [0.2, 0.25) is 0 Å². The fourth-order valence-corrected chi connectivity index (χ4v) is 2.45. The summed E-state index contributed by atoms with van der Waals surface area (Å²) in [5.41, 5.74) is 8.46. The first kappa shape index (κ1) is 12.6. The number of hydrogen-bond acceptors (Lipinski definition) is 3. The minimum Gasteiger partial charge on any atom is -0.395 e. The third kappa shape index (κ3) is 3.06. The molecule has 1 atom stereocenters. The molecule has 0 bridgehead atoms. The Balaban J connectivity index is 2.18. The molecule has 3 heteroatoms. The van der Waals surface area contributed by atoms with Crippen molar-refractivity contribution in [1.29, 1.82) is 0 Å². The van der Waals surface area contributed by atoms with Crippen LogP contribution in [0.15, 0.2) is 24.3 Å². The Kier molecular flexibility index (Phi) is 4.15. The van der Waals surface area contributed by atoms with Crippen LogP contribution in [0.3, 0.4) is 0 Å². The molecule has 0 saturated heterocycles. The van der Waals surface area contributed by atoms with Gasteiger partial charge in [0.2, 0.25) is 0 Å². The van der Waals surface area contributed by atoms with E-state index in [1.807, 2.05) is 0 Å². The molecule has 0 aliphatic heterocycles. The second-order valence-electron chi connectivity index (χ2n) is 4.86. The number of aryl methyl sites for hydroxylation is 1. The van der Waals surface area contributed by atoms with E-state index < -0.39 is 0 Å². The number of hydrogen-bond donors (Lipinski definition) is 2. The maximum absolute atomic E-state index is 9.18. The first-order valence-electron chi connectivity index (χ1n) is 6.39. The summed E-state index contributed by atoms with van der Waals surface area (Å²) in [6.07, 6.45) is 2.48. The molecule has 2 rings (SSSR count). The highest BCUT2D eigenvalue weighted by atomic mass is 16.3. The van der Waals surface area contributed by atoms with Crippen molar-refractivity contribution in [1.82, 2.24) is 4.90 Å². The number of rotatable bonds is 6. The van der Waals surface area contributed by atoms with Crippen LogP contribution in [0.25, 0.3) is 0 Å². The van der Waals surface area contributed by atoms with Crippen LogP contribution in [-0.2, 0) is 0 Å². The average molecular weight is 234 g/mol. The molecule has 1 aromatic carbocycles. The number of benzene rings is 1. The molecule has 94 valence electrons. The Labute approximate surface area is 103 Å². The highest BCUT2D eigenvalue weighted by Crippen LogP contribution is 2.33. The molecule has 0 aromatic heterocycles. The van der Waals surface area contributed by atoms with E-state index in [2.05, 4.69) is 36.1 Å². The molecular weight excluding hydrogens is 212 g/mol. The van der Waals surface area contributed by atoms with E-state index in [0.29, 0.717) is 12.6 Å². The highest BCUT2D eigenvalue weighted by Gasteiger charge is 2.33. The van der Waals surface area contributed by atoms with E-state index in [1.165, 1.54) is 24.0 Å². The Bertz CT molecular complexity index is 363. The Hall–Kier alpha value is -0.900. The van der Waals surface area contributed by atoms with Crippen LogP contribution in [0, 0.1) is 6.92 Å². The summed E-state index contributed by atoms with van der Waals surface area (Å²) in [5.74, 6) is 0. The van der Waals surface area contributed by atoms with Gasteiger partial charge in [-0.25, -0.2) is 0 Å². The molecule has 1 aliphatic rings. The molecule has 0 heterocycles. The number of nitrogens with two attached hydrogens (primary N) is 1. The number of aliphatic hydroxyl groups excluding tert-OH is 1. The molecule has 0 amide bonds. The second kappa shape index (κ2) is 5.63. The maximum atomic E-state index is 9.18. The first-order valence-corrected chi connectivity index (χ1v) is 6.39. The van der Waals surface area contributed by atoms with Crippen LogP contribution in [0.1, 0.15) is 30.0 Å². The Morgan fingerprint density at radius 3 is 2.76 bits per heavy atom. The van der Waals surface area contributed by atoms with Crippen LogP contribution in [0.5, 0.6) is 0 Å². The van der Waals surface area contributed by atoms with Gasteiger partial charge in [0.15, 0.2) is 0 Å². The van der Waals surface area contributed by atoms with Gasteiger partial charge in [0.1, 0.15) is 0 Å². The summed E-state index contributed by atoms with van der Waals surface area (Å²) in [6, 6.07) is 9.38. The summed E-state index contributed by atoms with van der Waals surface area (Å²) < 4.78 is 0. The standard InChI is InChI=1S/C14H22N2O/c1-11-3-2-4-12(9-11)14(10-15)16(7-8-17)13-5-6-13/h2-4,9,13-14,17H,5-8,10,15H2,1H3. The van der Waals surface area contributed by atoms with Gasteiger partial charge in [-0.3, -0.25) is 4.90 Å². The molecular formula is C14H22N2O. The zero-order valence-electron chi connectivity index (χ0n) is 10.5. The monoisotopic (exact) mass is 234 g/mol. The largest absolute Gasteiger partial charge is 0.395 e. The SMILES string of the molecule is Cc1cccc(C(CN)N(CCO)C2CC2)c1. The summed E-state index contributed by atoms with van der Waals surface area (Å²) in [5, 5.41) is 9.18. The van der Waals surface area contributed by atoms with E-state index in [4.69, 9.17) is 5.73 Å². The molecule has 1 aliphatic carbocycles. The van der Waals surface area contributed by atoms with E-state index in [1.54, 1.807) is 0 Å². The lowest BCUT2D eigenvalue weighted by molar-refractivity contribution is 0.145. The van der Waals surface area contributed by atoms with Gasteiger partial charge in [-0.2, -0.15) is 0 Å². The van der Waals surface area contributed by atoms with E-state index in [9.17, 15) is 5.11 Å². The predicted octanol–water partition coefficient (Wildman–Crippen LogP) is 1.45. The summed E-state index contributed by atoms with van der Waals surface area (Å²) in [4.78, 5) is 2.36. The van der Waals surface area contributed by atoms with Crippen LogP contribution in [-0.4, -0.2) is 35.7 Å². The predicted molar refractivity (Wildman–Crippen MR) is 69.8 cm³/mol. The topological polar surface area (TPSA) is 49.5 Å². The van der Waals surface area contributed by atoms with Crippen molar-refractivity contribution in [2.24, 2.45) is 5.73 Å². The van der Waals surface area contributed by atoms with Gasteiger partial charge in [0.05, 0.1) is 6.61 Å². The maximum Gasteiger partial charge on any atom is 0.0558 e. The number of aliphatic hydroxyl groups is 1. The third-order valence-electron chi connectivity index (χ3n) is 3.42. The summed E-state index contributed by atoms with van der Waals surface area (Å²) in [6.45, 7) is 3.64. The molecule has 3 N–H and O–H groups in total. The van der Waals surface area contributed by atoms with E-state index >= 15 is 0 Å². The van der Waals surface area contributed by atoms with Gasteiger partial charge in [0, 0.05) is 25.2 Å². The smallest absolute Gasteiger partial charge is 0.0558 e. The fraction of sp³-hybridized carbons (Fsp3) is 0.571. The van der Waals surface area contributed by atoms with Crippen molar-refractivity contribution in [2.75, 3.05) is 19.7 Å². The third-order valence-corrected chi connectivity index (χ3v) is 3.42. The summed E-state index contributed by atoms with van der Waals surface area (Å²) in [7, 11) is 0. The van der Waals surface area contributed by atoms with Crippen molar-refractivity contribution in [3.8, 4) is 0 Å². The second-order valence-corrected chi connectivity index (χ2v) is 4.86. The number of nitrogens with zero attached hydrogens (tertiary/aromatic N) is 1. The van der Waals surface area contributed by atoms with Crippen molar-refractivity contribution in [2.45, 2.75) is 31.8 Å². The van der Waals surface area contributed by atoms with Gasteiger partial charge in [-0.05, 0) is 25.3 Å². The summed E-state index contributed by atoms with van der Waals surface area (Å²) >= 11 is 0. The molecule has 0 spiro atoms. The van der Waals surface area contributed by atoms with Gasteiger partial charge >= 0.3 is 0 Å². The molecule has 1 unspecified atom stereocenters. The molecule has 17 heavy (non-hydrogen) atoms. The van der Waals surface area contributed by atoms with Gasteiger partial charge in [-0.15, -0.1) is 0 Å². The van der Waals surface area contributed by atoms with Gasteiger partial charge in [0.25, 0.3) is 0 Å². The lowest BCUT2D eigenvalue weighted by Crippen LogP contribution is -2.37. The molecule has 1 fully saturated rings. The minimum atomic E-state index is 0.207. The fourth-order valence-electron chi connectivity index (χ4n) is 2.45. The zero-order valence-corrected chi connectivity index (χ0v) is 10.5. The van der Waals surface area contributed by atoms with Crippen molar-refractivity contribution < 1.29 is 5.11 Å². The molecule has 3 nitrogen and oxygen atoms in total. The zero-order chi connectivity index (χ0) is 12.3. The van der Waals surface area contributed by atoms with Crippen LogP contribution in [0.4, 0.5) is 0 Å². The Morgan fingerprint density at radius 2 is 2.24 bits per heavy atom. The highest BCUT2D eigenvalue weighted by molar-refractivity contribution is 5.26. The van der Waals surface area contributed by atoms with Gasteiger partial charge in [-0.1, -0.05) is 29.8 Å². The Morgan fingerprint density at radius 1 is 1.47 bits per heavy atom. The normalized spacial score (nSPS) is 17.4. The van der Waals surface area contributed by atoms with Crippen molar-refractivity contribution >= 4 is 0 Å². The van der Waals surface area contributed by atoms with Gasteiger partial charge < -0.3 is 10.8 Å². The lowest BCUT2D eigenvalue weighted by Gasteiger charge is -2.31. The molecule has 1 aromatic rings. The van der Waals surface area contributed by atoms with Crippen LogP contribution < -0.4 is 5.73 Å². The van der Waals surface area contributed by atoms with Crippen LogP contribution >= 0.6 is 0 Å². The molecule has 0 radical (unpaired) electrons. The average Bonchev–Trinajstić information content (AvgIpc) is 3.13. The van der Waals surface area contributed by atoms with E-state index in [-0.39, 0.29) is 12.6 Å². The quantitative estimate of drug-likeness (QED) is 0.783. The molecule has 1 saturated carbocycles. The van der Waals surface area contributed by atoms with Crippen molar-refractivity contribution in [3.05, 3.63) is 35.4 Å². The minimum absolute atomic E-state index is 0.207. The van der Waals surface area contributed by atoms with Crippen molar-refractivity contribution in [3.63, 3.8) is 0 Å².